The Morgan fingerprint density at radius 1 is 1.32 bits per heavy atom. The molecule has 1 heterocycles. The minimum absolute atomic E-state index is 0.158. The smallest absolute Gasteiger partial charge is 0.410 e. The molecule has 1 aromatic rings. The SMILES string of the molecule is C=NC1=C(/C=N\CSC)C(=O)N(c2cccc(CN(N)/C=C(\N)CN(C)C(=O)OC(C)(C)C)c2)CCN1C. The van der Waals surface area contributed by atoms with Crippen LogP contribution in [-0.2, 0) is 16.1 Å². The van der Waals surface area contributed by atoms with Gasteiger partial charge in [-0.1, -0.05) is 12.1 Å². The van der Waals surface area contributed by atoms with Crippen LogP contribution in [0.2, 0.25) is 0 Å². The lowest BCUT2D eigenvalue weighted by molar-refractivity contribution is -0.114. The number of carbonyl (C=O) groups excluding carboxylic acids is 2. The zero-order valence-corrected chi connectivity index (χ0v) is 24.0. The number of ether oxygens (including phenoxy) is 1. The van der Waals surface area contributed by atoms with Gasteiger partial charge in [0, 0.05) is 51.0 Å². The van der Waals surface area contributed by atoms with E-state index >= 15 is 0 Å². The second-order valence-electron chi connectivity index (χ2n) is 9.89. The van der Waals surface area contributed by atoms with E-state index in [1.54, 1.807) is 56.9 Å². The summed E-state index contributed by atoms with van der Waals surface area (Å²) in [6, 6.07) is 7.59. The van der Waals surface area contributed by atoms with Gasteiger partial charge in [0.2, 0.25) is 0 Å². The number of hydrogen-bond acceptors (Lipinski definition) is 10. The van der Waals surface area contributed by atoms with Gasteiger partial charge in [-0.05, 0) is 51.4 Å². The highest BCUT2D eigenvalue weighted by Gasteiger charge is 2.27. The molecule has 11 nitrogen and oxygen atoms in total. The molecular formula is C26H40N8O3S. The van der Waals surface area contributed by atoms with Crippen LogP contribution in [0.4, 0.5) is 10.5 Å². The molecule has 0 fully saturated rings. The van der Waals surface area contributed by atoms with Crippen LogP contribution in [0.1, 0.15) is 26.3 Å². The molecular weight excluding hydrogens is 504 g/mol. The lowest BCUT2D eigenvalue weighted by atomic mass is 10.1. The zero-order valence-electron chi connectivity index (χ0n) is 23.2. The number of hydrogen-bond donors (Lipinski definition) is 2. The second-order valence-corrected chi connectivity index (χ2v) is 10.7. The lowest BCUT2D eigenvalue weighted by Crippen LogP contribution is -2.37. The maximum atomic E-state index is 13.5. The molecule has 0 saturated carbocycles. The molecule has 2 amide bonds. The number of carbonyl (C=O) groups is 2. The molecule has 208 valence electrons. The number of anilines is 1. The fourth-order valence-electron chi connectivity index (χ4n) is 3.68. The lowest BCUT2D eigenvalue weighted by Gasteiger charge is -2.25. The summed E-state index contributed by atoms with van der Waals surface area (Å²) in [6.45, 7) is 10.6. The first-order valence-electron chi connectivity index (χ1n) is 12.1. The molecule has 12 heteroatoms. The van der Waals surface area contributed by atoms with Gasteiger partial charge >= 0.3 is 6.09 Å². The van der Waals surface area contributed by atoms with Crippen LogP contribution in [0, 0.1) is 0 Å². The van der Waals surface area contributed by atoms with E-state index in [4.69, 9.17) is 16.3 Å². The monoisotopic (exact) mass is 544 g/mol. The summed E-state index contributed by atoms with van der Waals surface area (Å²) in [7, 11) is 3.49. The molecule has 0 bridgehead atoms. The van der Waals surface area contributed by atoms with Crippen molar-refractivity contribution >= 4 is 42.4 Å². The summed E-state index contributed by atoms with van der Waals surface area (Å²) in [5, 5.41) is 1.44. The Labute approximate surface area is 229 Å². The van der Waals surface area contributed by atoms with Crippen molar-refractivity contribution in [3.05, 3.63) is 53.1 Å². The molecule has 4 N–H and O–H groups in total. The third-order valence-corrected chi connectivity index (χ3v) is 5.76. The van der Waals surface area contributed by atoms with E-state index < -0.39 is 11.7 Å². The fourth-order valence-corrected chi connectivity index (χ4v) is 3.91. The third kappa shape index (κ3) is 9.10. The largest absolute Gasteiger partial charge is 0.444 e. The topological polar surface area (TPSA) is 133 Å². The van der Waals surface area contributed by atoms with E-state index in [1.807, 2.05) is 42.5 Å². The summed E-state index contributed by atoms with van der Waals surface area (Å²) < 4.78 is 5.35. The highest BCUT2D eigenvalue weighted by Crippen LogP contribution is 2.24. The number of nitrogens with two attached hydrogens (primary N) is 2. The predicted molar refractivity (Wildman–Crippen MR) is 156 cm³/mol. The summed E-state index contributed by atoms with van der Waals surface area (Å²) in [6.07, 6.45) is 4.62. The van der Waals surface area contributed by atoms with Gasteiger partial charge < -0.3 is 30.2 Å². The molecule has 38 heavy (non-hydrogen) atoms. The van der Waals surface area contributed by atoms with Crippen LogP contribution in [0.25, 0.3) is 0 Å². The summed E-state index contributed by atoms with van der Waals surface area (Å²) in [5.41, 5.74) is 7.92. The van der Waals surface area contributed by atoms with Gasteiger partial charge in [0.1, 0.15) is 17.0 Å². The number of amides is 2. The highest BCUT2D eigenvalue weighted by atomic mass is 32.2. The average molecular weight is 545 g/mol. The molecule has 2 rings (SSSR count). The third-order valence-electron chi connectivity index (χ3n) is 5.35. The van der Waals surface area contributed by atoms with Gasteiger partial charge in [0.25, 0.3) is 5.91 Å². The van der Waals surface area contributed by atoms with Crippen molar-refractivity contribution in [3.63, 3.8) is 0 Å². The molecule has 0 unspecified atom stereocenters. The van der Waals surface area contributed by atoms with E-state index in [0.29, 0.717) is 42.6 Å². The van der Waals surface area contributed by atoms with Gasteiger partial charge in [-0.2, -0.15) is 0 Å². The van der Waals surface area contributed by atoms with Gasteiger partial charge in [-0.15, -0.1) is 11.8 Å². The molecule has 0 saturated heterocycles. The molecule has 0 atom stereocenters. The summed E-state index contributed by atoms with van der Waals surface area (Å²) >= 11 is 1.56. The van der Waals surface area contributed by atoms with Crippen molar-refractivity contribution in [3.8, 4) is 0 Å². The van der Waals surface area contributed by atoms with Crippen molar-refractivity contribution in [1.29, 1.82) is 0 Å². The minimum atomic E-state index is -0.597. The van der Waals surface area contributed by atoms with E-state index in [1.165, 1.54) is 9.91 Å². The molecule has 1 aromatic carbocycles. The molecule has 1 aliphatic heterocycles. The van der Waals surface area contributed by atoms with Crippen molar-refractivity contribution in [2.45, 2.75) is 32.9 Å². The van der Waals surface area contributed by atoms with Gasteiger partial charge in [0.05, 0.1) is 19.0 Å². The van der Waals surface area contributed by atoms with E-state index in [-0.39, 0.29) is 12.5 Å². The Morgan fingerprint density at radius 3 is 2.66 bits per heavy atom. The van der Waals surface area contributed by atoms with Crippen LogP contribution < -0.4 is 16.5 Å². The van der Waals surface area contributed by atoms with Crippen LogP contribution >= 0.6 is 11.8 Å². The average Bonchev–Trinajstić information content (AvgIpc) is 2.93. The fraction of sp³-hybridized carbons (Fsp3) is 0.462. The van der Waals surface area contributed by atoms with Crippen molar-refractivity contribution < 1.29 is 14.3 Å². The van der Waals surface area contributed by atoms with Gasteiger partial charge in [-0.3, -0.25) is 9.79 Å². The van der Waals surface area contributed by atoms with Crippen LogP contribution in [0.15, 0.2) is 57.5 Å². The Morgan fingerprint density at radius 2 is 2.03 bits per heavy atom. The number of hydrazine groups is 1. The Hall–Kier alpha value is -3.51. The first kappa shape index (κ1) is 30.7. The maximum Gasteiger partial charge on any atom is 0.410 e. The number of nitrogens with zero attached hydrogens (tertiary/aromatic N) is 6. The first-order chi connectivity index (χ1) is 17.9. The van der Waals surface area contributed by atoms with Gasteiger partial charge in [0.15, 0.2) is 0 Å². The maximum absolute atomic E-state index is 13.5. The first-order valence-corrected chi connectivity index (χ1v) is 13.5. The van der Waals surface area contributed by atoms with Crippen molar-refractivity contribution in [2.75, 3.05) is 50.8 Å². The normalized spacial score (nSPS) is 15.1. The molecule has 0 spiro atoms. The molecule has 1 aliphatic rings. The number of rotatable bonds is 10. The number of thioether (sulfide) groups is 1. The Balaban J connectivity index is 2.17. The summed E-state index contributed by atoms with van der Waals surface area (Å²) in [4.78, 5) is 39.1. The zero-order chi connectivity index (χ0) is 28.5. The van der Waals surface area contributed by atoms with E-state index in [9.17, 15) is 9.59 Å². The minimum Gasteiger partial charge on any atom is -0.444 e. The Bertz CT molecular complexity index is 1100. The van der Waals surface area contributed by atoms with Crippen LogP contribution in [0.3, 0.4) is 0 Å². The Kier molecular flexibility index (Phi) is 11.2. The molecule has 0 aromatic heterocycles. The van der Waals surface area contributed by atoms with Crippen LogP contribution in [0.5, 0.6) is 0 Å². The highest BCUT2D eigenvalue weighted by molar-refractivity contribution is 7.98. The van der Waals surface area contributed by atoms with Crippen LogP contribution in [-0.4, -0.2) is 91.2 Å². The van der Waals surface area contributed by atoms with E-state index in [2.05, 4.69) is 16.7 Å². The van der Waals surface area contributed by atoms with Crippen molar-refractivity contribution in [1.82, 2.24) is 14.8 Å². The standard InChI is InChI=1S/C26H40N8O3S/c1-26(2,3)37-25(36)32(6)16-20(27)17-33(28)15-19-9-8-10-21(13-19)34-12-11-31(5)23(29-4)22(24(34)35)14-30-18-38-7/h8-10,13-14,17H,4,11-12,15-16,18,27-28H2,1-3,5-7H3/b20-17-,30-14-. The van der Waals surface area contributed by atoms with E-state index in [0.717, 1.165) is 11.3 Å². The number of aliphatic imine (C=N–C) groups is 2. The predicted octanol–water partition coefficient (Wildman–Crippen LogP) is 2.61. The van der Waals surface area contributed by atoms with Crippen molar-refractivity contribution in [2.24, 2.45) is 21.6 Å². The van der Waals surface area contributed by atoms with Gasteiger partial charge in [-0.25, -0.2) is 15.6 Å². The quantitative estimate of drug-likeness (QED) is 0.261. The molecule has 0 radical (unpaired) electrons. The molecule has 0 aliphatic carbocycles. The summed E-state index contributed by atoms with van der Waals surface area (Å²) in [5.74, 6) is 7.04. The number of benzene rings is 1. The number of likely N-dealkylation sites (N-methyl/N-ethyl adjacent to an activating group) is 2. The second kappa shape index (κ2) is 13.9.